The molecule has 0 bridgehead atoms. The lowest BCUT2D eigenvalue weighted by Gasteiger charge is -2.27. The van der Waals surface area contributed by atoms with E-state index < -0.39 is 0 Å². The monoisotopic (exact) mass is 382 g/mol. The summed E-state index contributed by atoms with van der Waals surface area (Å²) in [5, 5.41) is 0. The van der Waals surface area contributed by atoms with Gasteiger partial charge in [0.15, 0.2) is 0 Å². The van der Waals surface area contributed by atoms with Crippen molar-refractivity contribution >= 4 is 0 Å². The van der Waals surface area contributed by atoms with Crippen molar-refractivity contribution in [2.24, 2.45) is 0 Å². The van der Waals surface area contributed by atoms with Crippen LogP contribution in [0.3, 0.4) is 0 Å². The highest BCUT2D eigenvalue weighted by Crippen LogP contribution is 2.34. The predicted molar refractivity (Wildman–Crippen MR) is 125 cm³/mol. The summed E-state index contributed by atoms with van der Waals surface area (Å²) in [5.41, 5.74) is 8.91. The maximum absolute atomic E-state index is 2.62. The Labute approximate surface area is 175 Å². The normalized spacial score (nSPS) is 16.0. The molecular weight excluding hydrogens is 336 g/mol. The third-order valence-corrected chi connectivity index (χ3v) is 7.38. The van der Waals surface area contributed by atoms with E-state index in [2.05, 4.69) is 13.0 Å². The maximum atomic E-state index is 2.62. The van der Waals surface area contributed by atoms with Gasteiger partial charge in [-0.25, -0.2) is 0 Å². The average molecular weight is 383 g/mol. The molecule has 158 valence electrons. The molecule has 0 nitrogen and oxygen atoms in total. The largest absolute Gasteiger partial charge is 0.0654 e. The summed E-state index contributed by atoms with van der Waals surface area (Å²) < 4.78 is 0. The molecule has 3 rings (SSSR count). The van der Waals surface area contributed by atoms with Gasteiger partial charge in [-0.05, 0) is 92.0 Å². The van der Waals surface area contributed by atoms with Gasteiger partial charge in [0.05, 0.1) is 0 Å². The van der Waals surface area contributed by atoms with Gasteiger partial charge >= 0.3 is 0 Å². The van der Waals surface area contributed by atoms with Crippen LogP contribution < -0.4 is 0 Å². The van der Waals surface area contributed by atoms with E-state index in [4.69, 9.17) is 0 Å². The van der Waals surface area contributed by atoms with Crippen LogP contribution in [0.25, 0.3) is 0 Å². The van der Waals surface area contributed by atoms with E-state index in [0.29, 0.717) is 0 Å². The van der Waals surface area contributed by atoms with Crippen LogP contribution in [0.15, 0.2) is 6.07 Å². The van der Waals surface area contributed by atoms with Crippen LogP contribution in [0.1, 0.15) is 137 Å². The molecule has 0 spiro atoms. The Kier molecular flexibility index (Phi) is 9.95. The molecule has 0 heteroatoms. The molecule has 0 saturated heterocycles. The molecule has 1 aromatic rings. The number of aryl methyl sites for hydroxylation is 2. The Morgan fingerprint density at radius 2 is 0.964 bits per heavy atom. The lowest BCUT2D eigenvalue weighted by atomic mass is 9.78. The van der Waals surface area contributed by atoms with Crippen LogP contribution >= 0.6 is 0 Å². The van der Waals surface area contributed by atoms with Crippen molar-refractivity contribution in [2.45, 2.75) is 142 Å². The summed E-state index contributed by atoms with van der Waals surface area (Å²) in [7, 11) is 0. The highest BCUT2D eigenvalue weighted by atomic mass is 14.3. The van der Waals surface area contributed by atoms with Crippen molar-refractivity contribution in [3.8, 4) is 0 Å². The first kappa shape index (κ1) is 21.9. The topological polar surface area (TPSA) is 0 Å². The highest BCUT2D eigenvalue weighted by molar-refractivity contribution is 5.48. The zero-order valence-electron chi connectivity index (χ0n) is 18.9. The van der Waals surface area contributed by atoms with Crippen molar-refractivity contribution < 1.29 is 0 Å². The molecule has 0 radical (unpaired) electrons. The summed E-state index contributed by atoms with van der Waals surface area (Å²) in [5.74, 6) is 0. The van der Waals surface area contributed by atoms with E-state index in [1.54, 1.807) is 22.3 Å². The third-order valence-electron chi connectivity index (χ3n) is 7.38. The van der Waals surface area contributed by atoms with Gasteiger partial charge in [0.1, 0.15) is 0 Å². The SMILES string of the molecule is CCCCCCCCCCCCCCc1c2c(cc3c1CCCC3)CCCC2. The molecule has 0 aliphatic heterocycles. The van der Waals surface area contributed by atoms with E-state index in [1.165, 1.54) is 135 Å². The Bertz CT molecular complexity index is 534. The molecule has 0 saturated carbocycles. The quantitative estimate of drug-likeness (QED) is 0.299. The van der Waals surface area contributed by atoms with E-state index in [1.807, 2.05) is 5.56 Å². The van der Waals surface area contributed by atoms with Gasteiger partial charge in [0, 0.05) is 0 Å². The minimum absolute atomic E-state index is 1.36. The van der Waals surface area contributed by atoms with E-state index >= 15 is 0 Å². The number of benzene rings is 1. The maximum Gasteiger partial charge on any atom is -0.0273 e. The van der Waals surface area contributed by atoms with Crippen LogP contribution in [0.4, 0.5) is 0 Å². The van der Waals surface area contributed by atoms with Gasteiger partial charge in [-0.3, -0.25) is 0 Å². The van der Waals surface area contributed by atoms with Crippen LogP contribution in [0.5, 0.6) is 0 Å². The van der Waals surface area contributed by atoms with Crippen molar-refractivity contribution in [3.05, 3.63) is 33.9 Å². The Morgan fingerprint density at radius 3 is 1.46 bits per heavy atom. The molecule has 1 aromatic carbocycles. The van der Waals surface area contributed by atoms with Crippen molar-refractivity contribution in [1.82, 2.24) is 0 Å². The lowest BCUT2D eigenvalue weighted by molar-refractivity contribution is 0.542. The second-order valence-corrected chi connectivity index (χ2v) is 9.68. The van der Waals surface area contributed by atoms with Crippen molar-refractivity contribution in [3.63, 3.8) is 0 Å². The van der Waals surface area contributed by atoms with Crippen molar-refractivity contribution in [2.75, 3.05) is 0 Å². The summed E-state index contributed by atoms with van der Waals surface area (Å²) in [6, 6.07) is 2.62. The van der Waals surface area contributed by atoms with E-state index in [0.717, 1.165) is 0 Å². The molecule has 0 amide bonds. The van der Waals surface area contributed by atoms with Crippen LogP contribution in [0, 0.1) is 0 Å². The average Bonchev–Trinajstić information content (AvgIpc) is 2.73. The second kappa shape index (κ2) is 12.7. The Hall–Kier alpha value is -0.780. The molecule has 2 aliphatic carbocycles. The first-order valence-electron chi connectivity index (χ1n) is 13.1. The molecule has 0 unspecified atom stereocenters. The number of hydrogen-bond acceptors (Lipinski definition) is 0. The van der Waals surface area contributed by atoms with Crippen LogP contribution in [-0.2, 0) is 32.1 Å². The second-order valence-electron chi connectivity index (χ2n) is 9.68. The Morgan fingerprint density at radius 1 is 0.536 bits per heavy atom. The standard InChI is InChI=1S/C28H46/c1-2-3-4-5-6-7-8-9-10-11-12-13-22-28-26-20-16-14-18-24(26)23-25-19-15-17-21-27(25)28/h23H,2-22H2,1H3. The minimum atomic E-state index is 1.36. The predicted octanol–water partition coefficient (Wildman–Crippen LogP) is 8.69. The molecule has 2 aliphatic rings. The van der Waals surface area contributed by atoms with Gasteiger partial charge in [0.25, 0.3) is 0 Å². The first-order chi connectivity index (χ1) is 13.9. The number of rotatable bonds is 13. The number of unbranched alkanes of at least 4 members (excludes halogenated alkanes) is 11. The van der Waals surface area contributed by atoms with Gasteiger partial charge in [0.2, 0.25) is 0 Å². The summed E-state index contributed by atoms with van der Waals surface area (Å²) >= 11 is 0. The van der Waals surface area contributed by atoms with Gasteiger partial charge in [-0.1, -0.05) is 83.6 Å². The summed E-state index contributed by atoms with van der Waals surface area (Å²) in [6.07, 6.45) is 30.0. The zero-order valence-corrected chi connectivity index (χ0v) is 18.9. The molecule has 0 fully saturated rings. The van der Waals surface area contributed by atoms with Crippen molar-refractivity contribution in [1.29, 1.82) is 0 Å². The molecule has 0 aromatic heterocycles. The molecule has 28 heavy (non-hydrogen) atoms. The minimum Gasteiger partial charge on any atom is -0.0654 e. The fourth-order valence-electron chi connectivity index (χ4n) is 5.70. The molecule has 0 atom stereocenters. The fourth-order valence-corrected chi connectivity index (χ4v) is 5.70. The highest BCUT2D eigenvalue weighted by Gasteiger charge is 2.21. The van der Waals surface area contributed by atoms with E-state index in [9.17, 15) is 0 Å². The molecule has 0 N–H and O–H groups in total. The van der Waals surface area contributed by atoms with E-state index in [-0.39, 0.29) is 0 Å². The first-order valence-corrected chi connectivity index (χ1v) is 13.1. The third kappa shape index (κ3) is 6.64. The fraction of sp³-hybridized carbons (Fsp3) is 0.786. The molecule has 0 heterocycles. The lowest BCUT2D eigenvalue weighted by Crippen LogP contribution is -2.15. The van der Waals surface area contributed by atoms with Gasteiger partial charge < -0.3 is 0 Å². The Balaban J connectivity index is 1.35. The smallest absolute Gasteiger partial charge is 0.0273 e. The zero-order chi connectivity index (χ0) is 19.4. The van der Waals surface area contributed by atoms with Gasteiger partial charge in [-0.2, -0.15) is 0 Å². The number of fused-ring (bicyclic) bond motifs is 2. The molecular formula is C28H46. The number of hydrogen-bond donors (Lipinski definition) is 0. The van der Waals surface area contributed by atoms with Crippen LogP contribution in [-0.4, -0.2) is 0 Å². The van der Waals surface area contributed by atoms with Crippen LogP contribution in [0.2, 0.25) is 0 Å². The summed E-state index contributed by atoms with van der Waals surface area (Å²) in [4.78, 5) is 0. The summed E-state index contributed by atoms with van der Waals surface area (Å²) in [6.45, 7) is 2.31. The van der Waals surface area contributed by atoms with Gasteiger partial charge in [-0.15, -0.1) is 0 Å².